The van der Waals surface area contributed by atoms with Gasteiger partial charge in [0.15, 0.2) is 0 Å². The first-order valence-corrected chi connectivity index (χ1v) is 10.1. The van der Waals surface area contributed by atoms with E-state index in [1.165, 1.54) is 18.2 Å². The molecule has 2 aliphatic heterocycles. The summed E-state index contributed by atoms with van der Waals surface area (Å²) in [5.74, 6) is -0.0854. The van der Waals surface area contributed by atoms with Gasteiger partial charge in [-0.25, -0.2) is 4.39 Å². The van der Waals surface area contributed by atoms with Gasteiger partial charge in [0, 0.05) is 43.2 Å². The zero-order valence-electron chi connectivity index (χ0n) is 15.6. The summed E-state index contributed by atoms with van der Waals surface area (Å²) >= 11 is 5.80. The van der Waals surface area contributed by atoms with Gasteiger partial charge in [-0.05, 0) is 62.9 Å². The number of piperidine rings is 2. The summed E-state index contributed by atoms with van der Waals surface area (Å²) in [7, 11) is 0. The summed E-state index contributed by atoms with van der Waals surface area (Å²) in [6, 6.07) is 3.86. The van der Waals surface area contributed by atoms with E-state index in [2.05, 4.69) is 10.2 Å². The fourth-order valence-corrected chi connectivity index (χ4v) is 4.02. The van der Waals surface area contributed by atoms with Crippen LogP contribution in [0.25, 0.3) is 0 Å². The highest BCUT2D eigenvalue weighted by molar-refractivity contribution is 6.31. The van der Waals surface area contributed by atoms with Gasteiger partial charge in [-0.2, -0.15) is 0 Å². The average molecular weight is 396 g/mol. The van der Waals surface area contributed by atoms with Gasteiger partial charge in [0.2, 0.25) is 5.91 Å². The van der Waals surface area contributed by atoms with Gasteiger partial charge < -0.3 is 15.1 Å². The van der Waals surface area contributed by atoms with Crippen molar-refractivity contribution in [3.05, 3.63) is 34.6 Å². The number of amides is 2. The van der Waals surface area contributed by atoms with Crippen LogP contribution in [0.2, 0.25) is 5.02 Å². The lowest BCUT2D eigenvalue weighted by Gasteiger charge is -2.34. The van der Waals surface area contributed by atoms with Crippen molar-refractivity contribution in [1.29, 1.82) is 0 Å². The minimum atomic E-state index is -0.506. The van der Waals surface area contributed by atoms with Crippen molar-refractivity contribution in [3.63, 3.8) is 0 Å². The van der Waals surface area contributed by atoms with Gasteiger partial charge in [0.05, 0.1) is 0 Å². The minimum Gasteiger partial charge on any atom is -0.352 e. The van der Waals surface area contributed by atoms with E-state index in [4.69, 9.17) is 11.6 Å². The van der Waals surface area contributed by atoms with Gasteiger partial charge in [-0.15, -0.1) is 0 Å². The zero-order valence-corrected chi connectivity index (χ0v) is 16.3. The topological polar surface area (TPSA) is 52.7 Å². The molecule has 1 aromatic carbocycles. The van der Waals surface area contributed by atoms with Crippen LogP contribution in [0.15, 0.2) is 18.2 Å². The third kappa shape index (κ3) is 5.91. The second-order valence-electron chi connectivity index (χ2n) is 7.49. The van der Waals surface area contributed by atoms with Crippen LogP contribution in [0.3, 0.4) is 0 Å². The predicted molar refractivity (Wildman–Crippen MR) is 103 cm³/mol. The first-order chi connectivity index (χ1) is 13.0. The molecule has 7 heteroatoms. The van der Waals surface area contributed by atoms with E-state index < -0.39 is 5.82 Å². The normalized spacial score (nSPS) is 19.3. The molecule has 148 valence electrons. The lowest BCUT2D eigenvalue weighted by molar-refractivity contribution is -0.133. The molecule has 2 aliphatic rings. The second-order valence-corrected chi connectivity index (χ2v) is 7.93. The SMILES string of the molecule is O=C(NCC1CCN(CCN2CCCCC2=O)CC1)c1cc(F)cc(Cl)c1. The molecule has 0 bridgehead atoms. The van der Waals surface area contributed by atoms with Crippen LogP contribution in [0.4, 0.5) is 4.39 Å². The van der Waals surface area contributed by atoms with E-state index in [9.17, 15) is 14.0 Å². The number of benzene rings is 1. The second kappa shape index (κ2) is 9.51. The third-order valence-corrected chi connectivity index (χ3v) is 5.71. The Labute approximate surface area is 164 Å². The Morgan fingerprint density at radius 3 is 2.63 bits per heavy atom. The first kappa shape index (κ1) is 20.1. The van der Waals surface area contributed by atoms with Gasteiger partial charge in [-0.3, -0.25) is 9.59 Å². The molecule has 0 aliphatic carbocycles. The van der Waals surface area contributed by atoms with E-state index in [1.54, 1.807) is 0 Å². The standard InChI is InChI=1S/C20H27ClFN3O2/c21-17-11-16(12-18(22)13-17)20(27)23-14-15-4-7-24(8-5-15)9-10-25-6-2-1-3-19(25)26/h11-13,15H,1-10,14H2,(H,23,27). The largest absolute Gasteiger partial charge is 0.352 e. The number of rotatable bonds is 6. The summed E-state index contributed by atoms with van der Waals surface area (Å²) in [5.41, 5.74) is 0.253. The van der Waals surface area contributed by atoms with E-state index >= 15 is 0 Å². The molecular weight excluding hydrogens is 369 g/mol. The lowest BCUT2D eigenvalue weighted by Crippen LogP contribution is -2.44. The van der Waals surface area contributed by atoms with Crippen LogP contribution in [0.5, 0.6) is 0 Å². The highest BCUT2D eigenvalue weighted by Crippen LogP contribution is 2.18. The molecule has 0 aromatic heterocycles. The number of nitrogens with one attached hydrogen (secondary N) is 1. The number of nitrogens with zero attached hydrogens (tertiary/aromatic N) is 2. The van der Waals surface area contributed by atoms with Crippen molar-refractivity contribution in [2.24, 2.45) is 5.92 Å². The molecule has 0 spiro atoms. The maximum absolute atomic E-state index is 13.4. The van der Waals surface area contributed by atoms with Gasteiger partial charge >= 0.3 is 0 Å². The van der Waals surface area contributed by atoms with Crippen molar-refractivity contribution in [1.82, 2.24) is 15.1 Å². The molecule has 1 N–H and O–H groups in total. The Bertz CT molecular complexity index is 657. The summed E-state index contributed by atoms with van der Waals surface area (Å²) in [4.78, 5) is 28.4. The quantitative estimate of drug-likeness (QED) is 0.805. The molecule has 0 radical (unpaired) electrons. The molecule has 2 heterocycles. The number of hydrogen-bond acceptors (Lipinski definition) is 3. The molecule has 2 amide bonds. The number of hydrogen-bond donors (Lipinski definition) is 1. The fourth-order valence-electron chi connectivity index (χ4n) is 3.80. The van der Waals surface area contributed by atoms with Crippen molar-refractivity contribution in [2.45, 2.75) is 32.1 Å². The van der Waals surface area contributed by atoms with E-state index in [1.807, 2.05) is 4.90 Å². The van der Waals surface area contributed by atoms with Crippen LogP contribution < -0.4 is 5.32 Å². The lowest BCUT2D eigenvalue weighted by atomic mass is 9.96. The van der Waals surface area contributed by atoms with Gasteiger partial charge in [-0.1, -0.05) is 11.6 Å². The number of likely N-dealkylation sites (tertiary alicyclic amines) is 2. The number of halogens is 2. The Hall–Kier alpha value is -1.66. The minimum absolute atomic E-state index is 0.223. The molecule has 27 heavy (non-hydrogen) atoms. The molecule has 0 unspecified atom stereocenters. The summed E-state index contributed by atoms with van der Waals surface area (Å²) < 4.78 is 13.4. The van der Waals surface area contributed by atoms with Crippen LogP contribution in [-0.2, 0) is 4.79 Å². The van der Waals surface area contributed by atoms with E-state index in [0.717, 1.165) is 58.4 Å². The zero-order chi connectivity index (χ0) is 19.2. The molecule has 2 fully saturated rings. The van der Waals surface area contributed by atoms with Crippen molar-refractivity contribution in [2.75, 3.05) is 39.3 Å². The smallest absolute Gasteiger partial charge is 0.251 e. The molecule has 3 rings (SSSR count). The molecule has 5 nitrogen and oxygen atoms in total. The highest BCUT2D eigenvalue weighted by Gasteiger charge is 2.22. The van der Waals surface area contributed by atoms with Crippen LogP contribution >= 0.6 is 11.6 Å². The van der Waals surface area contributed by atoms with Crippen LogP contribution in [0, 0.1) is 11.7 Å². The first-order valence-electron chi connectivity index (χ1n) is 9.75. The van der Waals surface area contributed by atoms with Gasteiger partial charge in [0.1, 0.15) is 5.82 Å². The Balaban J connectivity index is 1.36. The van der Waals surface area contributed by atoms with Gasteiger partial charge in [0.25, 0.3) is 5.91 Å². The van der Waals surface area contributed by atoms with Crippen LogP contribution in [-0.4, -0.2) is 60.9 Å². The van der Waals surface area contributed by atoms with Crippen molar-refractivity contribution in [3.8, 4) is 0 Å². The predicted octanol–water partition coefficient (Wildman–Crippen LogP) is 2.93. The molecule has 0 saturated carbocycles. The Morgan fingerprint density at radius 1 is 1.15 bits per heavy atom. The molecule has 2 saturated heterocycles. The maximum atomic E-state index is 13.4. The van der Waals surface area contributed by atoms with Crippen LogP contribution in [0.1, 0.15) is 42.5 Å². The van der Waals surface area contributed by atoms with E-state index in [0.29, 0.717) is 18.9 Å². The highest BCUT2D eigenvalue weighted by atomic mass is 35.5. The molecular formula is C20H27ClFN3O2. The summed E-state index contributed by atoms with van der Waals surface area (Å²) in [6.07, 6.45) is 4.85. The Morgan fingerprint density at radius 2 is 1.93 bits per heavy atom. The van der Waals surface area contributed by atoms with Crippen molar-refractivity contribution < 1.29 is 14.0 Å². The molecule has 1 aromatic rings. The van der Waals surface area contributed by atoms with E-state index in [-0.39, 0.29) is 22.4 Å². The maximum Gasteiger partial charge on any atom is 0.251 e. The fraction of sp³-hybridized carbons (Fsp3) is 0.600. The number of carbonyl (C=O) groups is 2. The summed E-state index contributed by atoms with van der Waals surface area (Å²) in [6.45, 7) is 5.19. The third-order valence-electron chi connectivity index (χ3n) is 5.49. The monoisotopic (exact) mass is 395 g/mol. The molecule has 0 atom stereocenters. The Kier molecular flexibility index (Phi) is 7.07. The average Bonchev–Trinajstić information content (AvgIpc) is 2.65. The summed E-state index contributed by atoms with van der Waals surface area (Å²) in [5, 5.41) is 3.11. The number of carbonyl (C=O) groups excluding carboxylic acids is 2. The van der Waals surface area contributed by atoms with Crippen molar-refractivity contribution >= 4 is 23.4 Å².